The molecule has 2 heteroatoms. The predicted octanol–water partition coefficient (Wildman–Crippen LogP) is 4.46. The van der Waals surface area contributed by atoms with Crippen molar-refractivity contribution in [1.29, 1.82) is 0 Å². The molecular formula is C11H8Cl2. The molecule has 2 rings (SSSR count). The van der Waals surface area contributed by atoms with Gasteiger partial charge < -0.3 is 0 Å². The van der Waals surface area contributed by atoms with Gasteiger partial charge in [0, 0.05) is 10.4 Å². The van der Waals surface area contributed by atoms with Gasteiger partial charge in [-0.2, -0.15) is 0 Å². The zero-order valence-corrected chi connectivity index (χ0v) is 8.65. The van der Waals surface area contributed by atoms with Crippen molar-refractivity contribution in [3.8, 4) is 0 Å². The molecule has 0 radical (unpaired) electrons. The molecule has 0 aliphatic rings. The Morgan fingerprint density at radius 3 is 2.54 bits per heavy atom. The highest BCUT2D eigenvalue weighted by molar-refractivity contribution is 6.39. The first-order valence-electron chi connectivity index (χ1n) is 4.03. The van der Waals surface area contributed by atoms with Gasteiger partial charge in [-0.15, -0.1) is 0 Å². The van der Waals surface area contributed by atoms with Crippen LogP contribution in [0.1, 0.15) is 5.56 Å². The van der Waals surface area contributed by atoms with Gasteiger partial charge in [-0.25, -0.2) is 0 Å². The van der Waals surface area contributed by atoms with Crippen molar-refractivity contribution in [3.63, 3.8) is 0 Å². The van der Waals surface area contributed by atoms with Gasteiger partial charge in [-0.3, -0.25) is 0 Å². The molecule has 0 unspecified atom stereocenters. The summed E-state index contributed by atoms with van der Waals surface area (Å²) in [6, 6.07) is 9.90. The van der Waals surface area contributed by atoms with Gasteiger partial charge in [0.1, 0.15) is 0 Å². The highest BCUT2D eigenvalue weighted by atomic mass is 35.5. The lowest BCUT2D eigenvalue weighted by Crippen LogP contribution is -1.80. The molecule has 2 aromatic carbocycles. The van der Waals surface area contributed by atoms with E-state index in [2.05, 4.69) is 0 Å². The maximum atomic E-state index is 6.15. The minimum Gasteiger partial charge on any atom is -0.0840 e. The summed E-state index contributed by atoms with van der Waals surface area (Å²) in [6.45, 7) is 1.93. The second kappa shape index (κ2) is 3.21. The fourth-order valence-corrected chi connectivity index (χ4v) is 1.91. The summed E-state index contributed by atoms with van der Waals surface area (Å²) in [5, 5.41) is 3.63. The van der Waals surface area contributed by atoms with Crippen LogP contribution in [0.25, 0.3) is 10.8 Å². The van der Waals surface area contributed by atoms with Gasteiger partial charge in [0.05, 0.1) is 5.02 Å². The molecular weight excluding hydrogens is 203 g/mol. The second-order valence-electron chi connectivity index (χ2n) is 3.02. The Hall–Kier alpha value is -0.720. The molecule has 0 saturated carbocycles. The van der Waals surface area contributed by atoms with E-state index in [1.54, 1.807) is 0 Å². The van der Waals surface area contributed by atoms with Gasteiger partial charge in [0.2, 0.25) is 0 Å². The molecule has 0 fully saturated rings. The number of hydrogen-bond donors (Lipinski definition) is 0. The lowest BCUT2D eigenvalue weighted by molar-refractivity contribution is 1.50. The number of rotatable bonds is 0. The number of fused-ring (bicyclic) bond motifs is 1. The van der Waals surface area contributed by atoms with Crippen LogP contribution in [-0.4, -0.2) is 0 Å². The van der Waals surface area contributed by atoms with Gasteiger partial charge in [-0.1, -0.05) is 47.5 Å². The van der Waals surface area contributed by atoms with Crippen LogP contribution in [0.2, 0.25) is 10.0 Å². The van der Waals surface area contributed by atoms with Crippen LogP contribution in [0.15, 0.2) is 30.3 Å². The van der Waals surface area contributed by atoms with Gasteiger partial charge in [0.25, 0.3) is 0 Å². The van der Waals surface area contributed by atoms with E-state index in [1.807, 2.05) is 37.3 Å². The van der Waals surface area contributed by atoms with E-state index in [1.165, 1.54) is 0 Å². The summed E-state index contributed by atoms with van der Waals surface area (Å²) in [7, 11) is 0. The third-order valence-electron chi connectivity index (χ3n) is 2.17. The van der Waals surface area contributed by atoms with Crippen LogP contribution in [0.4, 0.5) is 0 Å². The van der Waals surface area contributed by atoms with Crippen molar-refractivity contribution in [2.45, 2.75) is 6.92 Å². The normalized spacial score (nSPS) is 10.7. The molecule has 0 N–H and O–H groups in total. The predicted molar refractivity (Wildman–Crippen MR) is 58.7 cm³/mol. The van der Waals surface area contributed by atoms with Crippen molar-refractivity contribution in [3.05, 3.63) is 45.9 Å². The van der Waals surface area contributed by atoms with E-state index in [9.17, 15) is 0 Å². The minimum atomic E-state index is 0.726. The third-order valence-corrected chi connectivity index (χ3v) is 3.05. The van der Waals surface area contributed by atoms with Crippen LogP contribution >= 0.6 is 23.2 Å². The molecule has 13 heavy (non-hydrogen) atoms. The summed E-state index contributed by atoms with van der Waals surface area (Å²) >= 11 is 12.2. The molecule has 0 aromatic heterocycles. The molecule has 2 aromatic rings. The van der Waals surface area contributed by atoms with E-state index in [4.69, 9.17) is 23.2 Å². The SMILES string of the molecule is Cc1c(Cl)cc2ccccc2c1Cl. The second-order valence-corrected chi connectivity index (χ2v) is 3.80. The fourth-order valence-electron chi connectivity index (χ4n) is 1.37. The Balaban J connectivity index is 2.94. The van der Waals surface area contributed by atoms with Gasteiger partial charge >= 0.3 is 0 Å². The van der Waals surface area contributed by atoms with Crippen molar-refractivity contribution < 1.29 is 0 Å². The standard InChI is InChI=1S/C11H8Cl2/c1-7-10(12)6-8-4-2-3-5-9(8)11(7)13/h2-6H,1H3. The van der Waals surface area contributed by atoms with E-state index in [0.717, 1.165) is 26.4 Å². The van der Waals surface area contributed by atoms with Crippen molar-refractivity contribution >= 4 is 34.0 Å². The van der Waals surface area contributed by atoms with Crippen LogP contribution in [-0.2, 0) is 0 Å². The zero-order chi connectivity index (χ0) is 9.42. The van der Waals surface area contributed by atoms with Crippen LogP contribution in [0, 0.1) is 6.92 Å². The summed E-state index contributed by atoms with van der Waals surface area (Å²) < 4.78 is 0. The first-order valence-corrected chi connectivity index (χ1v) is 4.79. The average molecular weight is 211 g/mol. The largest absolute Gasteiger partial charge is 0.0840 e. The van der Waals surface area contributed by atoms with Crippen molar-refractivity contribution in [2.75, 3.05) is 0 Å². The number of hydrogen-bond acceptors (Lipinski definition) is 0. The molecule has 0 aliphatic heterocycles. The Morgan fingerprint density at radius 1 is 1.08 bits per heavy atom. The van der Waals surface area contributed by atoms with E-state index < -0.39 is 0 Å². The maximum absolute atomic E-state index is 6.15. The summed E-state index contributed by atoms with van der Waals surface area (Å²) in [6.07, 6.45) is 0. The highest BCUT2D eigenvalue weighted by Gasteiger charge is 2.05. The molecule has 66 valence electrons. The molecule has 0 heterocycles. The Kier molecular flexibility index (Phi) is 2.19. The van der Waals surface area contributed by atoms with Crippen LogP contribution in [0.5, 0.6) is 0 Å². The van der Waals surface area contributed by atoms with Gasteiger partial charge in [0.15, 0.2) is 0 Å². The molecule has 0 aliphatic carbocycles. The van der Waals surface area contributed by atoms with Gasteiger partial charge in [-0.05, 0) is 23.9 Å². The monoisotopic (exact) mass is 210 g/mol. The Bertz CT molecular complexity index is 461. The molecule has 0 nitrogen and oxygen atoms in total. The molecule has 0 saturated heterocycles. The fraction of sp³-hybridized carbons (Fsp3) is 0.0909. The summed E-state index contributed by atoms with van der Waals surface area (Å²) in [5.74, 6) is 0. The molecule has 0 bridgehead atoms. The lowest BCUT2D eigenvalue weighted by atomic mass is 10.1. The summed E-state index contributed by atoms with van der Waals surface area (Å²) in [4.78, 5) is 0. The lowest BCUT2D eigenvalue weighted by Gasteiger charge is -2.05. The molecule has 0 amide bonds. The van der Waals surface area contributed by atoms with Crippen LogP contribution < -0.4 is 0 Å². The minimum absolute atomic E-state index is 0.726. The average Bonchev–Trinajstić information content (AvgIpc) is 2.15. The van der Waals surface area contributed by atoms with Crippen molar-refractivity contribution in [1.82, 2.24) is 0 Å². The molecule has 0 atom stereocenters. The highest BCUT2D eigenvalue weighted by Crippen LogP contribution is 2.31. The number of halogens is 2. The summed E-state index contributed by atoms with van der Waals surface area (Å²) in [5.41, 5.74) is 0.946. The van der Waals surface area contributed by atoms with Crippen LogP contribution in [0.3, 0.4) is 0 Å². The topological polar surface area (TPSA) is 0 Å². The first-order chi connectivity index (χ1) is 6.20. The van der Waals surface area contributed by atoms with E-state index in [-0.39, 0.29) is 0 Å². The molecule has 0 spiro atoms. The van der Waals surface area contributed by atoms with E-state index in [0.29, 0.717) is 0 Å². The quantitative estimate of drug-likeness (QED) is 0.603. The smallest absolute Gasteiger partial charge is 0.0528 e. The third kappa shape index (κ3) is 1.41. The Morgan fingerprint density at radius 2 is 1.77 bits per heavy atom. The van der Waals surface area contributed by atoms with Crippen molar-refractivity contribution in [2.24, 2.45) is 0 Å². The number of benzene rings is 2. The van der Waals surface area contributed by atoms with E-state index >= 15 is 0 Å². The Labute approximate surface area is 87.1 Å². The first kappa shape index (κ1) is 8.86. The maximum Gasteiger partial charge on any atom is 0.0528 e. The zero-order valence-electron chi connectivity index (χ0n) is 7.14.